The molecule has 2 saturated heterocycles. The molecule has 3 aliphatic heterocycles. The lowest BCUT2D eigenvalue weighted by Gasteiger charge is -2.46. The predicted molar refractivity (Wildman–Crippen MR) is 254 cm³/mol. The van der Waals surface area contributed by atoms with Gasteiger partial charge in [0.15, 0.2) is 12.1 Å². The van der Waals surface area contributed by atoms with Gasteiger partial charge in [-0.3, -0.25) is 9.59 Å². The number of esters is 1. The highest BCUT2D eigenvalue weighted by Crippen LogP contribution is 2.38. The maximum atomic E-state index is 13.6. The Hall–Kier alpha value is -3.48. The molecule has 13 N–H and O–H groups in total. The van der Waals surface area contributed by atoms with Gasteiger partial charge in [-0.15, -0.1) is 0 Å². The highest BCUT2D eigenvalue weighted by Gasteiger charge is 2.50. The van der Waals surface area contributed by atoms with Crippen LogP contribution in [0.1, 0.15) is 79.1 Å². The molecule has 3 aliphatic rings. The fourth-order valence-corrected chi connectivity index (χ4v) is 8.38. The van der Waals surface area contributed by atoms with Crippen molar-refractivity contribution in [2.45, 2.75) is 177 Å². The van der Waals surface area contributed by atoms with E-state index in [-0.39, 0.29) is 51.2 Å². The Kier molecular flexibility index (Phi) is 26.4. The number of hydrogen-bond acceptors (Lipinski definition) is 18. The van der Waals surface area contributed by atoms with Crippen molar-refractivity contribution in [1.29, 1.82) is 0 Å². The van der Waals surface area contributed by atoms with Crippen molar-refractivity contribution in [3.05, 3.63) is 85.1 Å². The van der Waals surface area contributed by atoms with Gasteiger partial charge in [0.25, 0.3) is 0 Å². The van der Waals surface area contributed by atoms with Gasteiger partial charge in [-0.05, 0) is 33.1 Å². The Balaban J connectivity index is 1.91. The van der Waals surface area contributed by atoms with Gasteiger partial charge < -0.3 is 85.8 Å². The van der Waals surface area contributed by atoms with E-state index in [1.807, 2.05) is 37.3 Å². The predicted octanol–water partition coefficient (Wildman–Crippen LogP) is 0.390. The minimum Gasteiger partial charge on any atom is -0.462 e. The third kappa shape index (κ3) is 20.6. The average molecular weight is 981 g/mol. The monoisotopic (exact) mass is 981 g/mol. The molecule has 2 fully saturated rings. The van der Waals surface area contributed by atoms with E-state index in [1.54, 1.807) is 75.5 Å². The number of methoxy groups -OCH3 is 1. The zero-order chi connectivity index (χ0) is 51.3. The van der Waals surface area contributed by atoms with Crippen LogP contribution in [0.5, 0.6) is 0 Å². The second-order valence-corrected chi connectivity index (χ2v) is 18.5. The number of carbonyl (C=O) groups is 2. The molecule has 0 aromatic carbocycles. The topological polar surface area (TPSA) is 321 Å². The number of ether oxygens (including phenoxy) is 5. The number of nitrogens with two attached hydrogens (primary N) is 1. The molecule has 2 bridgehead atoms. The molecule has 69 heavy (non-hydrogen) atoms. The average Bonchev–Trinajstić information content (AvgIpc) is 3.27. The van der Waals surface area contributed by atoms with Crippen molar-refractivity contribution in [1.82, 2.24) is 5.32 Å². The summed E-state index contributed by atoms with van der Waals surface area (Å²) in [6, 6.07) is -1.13. The van der Waals surface area contributed by atoms with E-state index in [4.69, 9.17) is 29.4 Å². The van der Waals surface area contributed by atoms with Crippen molar-refractivity contribution in [3.8, 4) is 0 Å². The number of aliphatic hydroxyl groups is 10. The summed E-state index contributed by atoms with van der Waals surface area (Å²) in [6.07, 6.45) is 4.73. The minimum absolute atomic E-state index is 0.0934. The molecular weight excluding hydrogens is 901 g/mol. The van der Waals surface area contributed by atoms with E-state index in [1.165, 1.54) is 7.11 Å². The van der Waals surface area contributed by atoms with Crippen LogP contribution < -0.4 is 11.1 Å². The number of fused-ring (bicyclic) bond motifs is 2. The number of allylic oxidation sites excluding steroid dienone is 12. The third-order valence-electron chi connectivity index (χ3n) is 12.6. The quantitative estimate of drug-likeness (QED) is 0.127. The second-order valence-electron chi connectivity index (χ2n) is 18.5. The Morgan fingerprint density at radius 3 is 1.91 bits per heavy atom. The number of aliphatic hydroxyl groups excluding tert-OH is 9. The second kappa shape index (κ2) is 30.4. The first-order chi connectivity index (χ1) is 32.7. The Morgan fingerprint density at radius 1 is 0.710 bits per heavy atom. The van der Waals surface area contributed by atoms with E-state index in [0.29, 0.717) is 0 Å². The van der Waals surface area contributed by atoms with Gasteiger partial charge in [-0.2, -0.15) is 0 Å². The minimum atomic E-state index is -2.24. The molecule has 1 amide bonds. The Bertz CT molecular complexity index is 1740. The highest BCUT2D eigenvalue weighted by atomic mass is 16.7. The van der Waals surface area contributed by atoms with Gasteiger partial charge in [0, 0.05) is 51.2 Å². The molecule has 0 saturated carbocycles. The lowest BCUT2D eigenvalue weighted by molar-refractivity contribution is -0.307. The standard InChI is InChI=1S/C50H80N2O17/c1-30-18-16-14-12-10-8-6-7-9-11-13-15-17-19-37(68-49-47(62)44(51)46(61)33(4)67-49)27-41-43(48(63)52-22-23-65-5)40(58)29-50(64,69-41)28-36(55)24-34(53)20-21-38(56)39(57)25-35(54)26-42(59)66-32(3)31(2)45(30)60/h6-19,30-41,43-47,49,53-58,60-62,64H,20-29,51H2,1-5H3,(H,52,63)/b7-6+,10-8+,11-9+,14-12+,15-13+,18-16+,19-17+/t30-,31+,32-,33+,34-,35+,36-,37-,38-,39-,40-,41-,43+,44-,45+,46+,47-,49-,50+/m0/s1. The van der Waals surface area contributed by atoms with Crippen LogP contribution in [0.2, 0.25) is 0 Å². The van der Waals surface area contributed by atoms with Crippen LogP contribution in [0.25, 0.3) is 0 Å². The molecule has 0 unspecified atom stereocenters. The third-order valence-corrected chi connectivity index (χ3v) is 12.6. The number of carbonyl (C=O) groups excluding carboxylic acids is 2. The number of hydrogen-bond donors (Lipinski definition) is 12. The summed E-state index contributed by atoms with van der Waals surface area (Å²) in [5, 5.41) is 112. The fourth-order valence-electron chi connectivity index (χ4n) is 8.38. The molecule has 19 nitrogen and oxygen atoms in total. The molecule has 392 valence electrons. The van der Waals surface area contributed by atoms with Crippen LogP contribution in [0, 0.1) is 17.8 Å². The van der Waals surface area contributed by atoms with Crippen molar-refractivity contribution >= 4 is 11.9 Å². The first-order valence-corrected chi connectivity index (χ1v) is 23.9. The molecule has 0 aromatic heterocycles. The van der Waals surface area contributed by atoms with Crippen molar-refractivity contribution in [2.75, 3.05) is 20.3 Å². The molecule has 19 heteroatoms. The highest BCUT2D eigenvalue weighted by molar-refractivity contribution is 5.80. The smallest absolute Gasteiger partial charge is 0.308 e. The maximum absolute atomic E-state index is 13.6. The first-order valence-electron chi connectivity index (χ1n) is 23.9. The molecule has 3 heterocycles. The normalized spacial score (nSPS) is 43.5. The molecule has 3 rings (SSSR count). The SMILES string of the molecule is COCCNC(=O)[C@H]1[C@@H]2C[C@@H](O[C@@H]3O[C@H](C)[C@@H](O)[C@H](N)[C@@H]3O)/C=C/C=C/C=C/C=C/C=C/C=C/C=C/[C@H](C)[C@@H](O)[C@H](C)[C@H](C)OC(=O)C[C@H](O)C[C@H](O)[C@@H](O)CC[C@H](O)C[C@H](O)C[C@](O)(C[C@@H]1O)O2. The molecule has 0 radical (unpaired) electrons. The Morgan fingerprint density at radius 2 is 1.30 bits per heavy atom. The van der Waals surface area contributed by atoms with Crippen molar-refractivity contribution in [3.63, 3.8) is 0 Å². The summed E-state index contributed by atoms with van der Waals surface area (Å²) in [6.45, 7) is 7.02. The molecule has 19 atom stereocenters. The van der Waals surface area contributed by atoms with Crippen LogP contribution >= 0.6 is 0 Å². The van der Waals surface area contributed by atoms with Crippen LogP contribution in [0.15, 0.2) is 85.1 Å². The van der Waals surface area contributed by atoms with Gasteiger partial charge in [-0.25, -0.2) is 0 Å². The van der Waals surface area contributed by atoms with E-state index in [9.17, 15) is 60.7 Å². The Labute approximate surface area is 405 Å². The molecule has 0 aliphatic carbocycles. The van der Waals surface area contributed by atoms with Gasteiger partial charge in [0.1, 0.15) is 12.2 Å². The van der Waals surface area contributed by atoms with Gasteiger partial charge in [-0.1, -0.05) is 98.9 Å². The summed E-state index contributed by atoms with van der Waals surface area (Å²) in [4.78, 5) is 26.3. The lowest BCUT2D eigenvalue weighted by atomic mass is 9.82. The van der Waals surface area contributed by atoms with Gasteiger partial charge >= 0.3 is 5.97 Å². The fraction of sp³-hybridized carbons (Fsp3) is 0.680. The maximum Gasteiger partial charge on any atom is 0.308 e. The van der Waals surface area contributed by atoms with Crippen LogP contribution in [-0.4, -0.2) is 181 Å². The van der Waals surface area contributed by atoms with Gasteiger partial charge in [0.05, 0.1) is 92.1 Å². The first kappa shape index (κ1) is 59.8. The summed E-state index contributed by atoms with van der Waals surface area (Å²) >= 11 is 0. The molecule has 0 spiro atoms. The zero-order valence-electron chi connectivity index (χ0n) is 40.5. The van der Waals surface area contributed by atoms with Crippen LogP contribution in [0.4, 0.5) is 0 Å². The number of rotatable bonds is 6. The van der Waals surface area contributed by atoms with Crippen LogP contribution in [-0.2, 0) is 33.3 Å². The number of amides is 1. The summed E-state index contributed by atoms with van der Waals surface area (Å²) in [5.74, 6) is -5.64. The van der Waals surface area contributed by atoms with Crippen molar-refractivity contribution in [2.24, 2.45) is 23.5 Å². The number of nitrogens with one attached hydrogen (secondary N) is 1. The molecule has 0 aromatic rings. The zero-order valence-corrected chi connectivity index (χ0v) is 40.5. The summed E-state index contributed by atoms with van der Waals surface area (Å²) in [5.41, 5.74) is 6.09. The largest absolute Gasteiger partial charge is 0.462 e. The van der Waals surface area contributed by atoms with E-state index < -0.39 is 140 Å². The lowest BCUT2D eigenvalue weighted by Crippen LogP contribution is -2.62. The summed E-state index contributed by atoms with van der Waals surface area (Å²) < 4.78 is 28.7. The van der Waals surface area contributed by atoms with E-state index in [0.717, 1.165) is 0 Å². The summed E-state index contributed by atoms with van der Waals surface area (Å²) in [7, 11) is 1.45. The van der Waals surface area contributed by atoms with Gasteiger partial charge in [0.2, 0.25) is 5.91 Å². The van der Waals surface area contributed by atoms with E-state index >= 15 is 0 Å². The number of cyclic esters (lactones) is 1. The van der Waals surface area contributed by atoms with Crippen molar-refractivity contribution < 1.29 is 84.3 Å². The molecular formula is C50H80N2O17. The van der Waals surface area contributed by atoms with Crippen LogP contribution in [0.3, 0.4) is 0 Å². The van der Waals surface area contributed by atoms with E-state index in [2.05, 4.69) is 5.32 Å².